The van der Waals surface area contributed by atoms with Crippen molar-refractivity contribution >= 4 is 5.69 Å². The molecule has 1 atom stereocenters. The summed E-state index contributed by atoms with van der Waals surface area (Å²) in [6.07, 6.45) is 2.96. The second-order valence-corrected chi connectivity index (χ2v) is 4.34. The topological polar surface area (TPSA) is 68.3 Å². The summed E-state index contributed by atoms with van der Waals surface area (Å²) in [5, 5.41) is 19.9. The highest BCUT2D eigenvalue weighted by molar-refractivity contribution is 5.35. The predicted octanol–water partition coefficient (Wildman–Crippen LogP) is 2.64. The Balaban J connectivity index is 2.19. The maximum atomic E-state index is 13.4. The van der Waals surface area contributed by atoms with Crippen molar-refractivity contribution in [2.45, 2.75) is 19.6 Å². The Labute approximate surface area is 109 Å². The molecule has 6 heteroatoms. The lowest BCUT2D eigenvalue weighted by atomic mass is 10.2. The predicted molar refractivity (Wildman–Crippen MR) is 67.2 cm³/mol. The van der Waals surface area contributed by atoms with Crippen molar-refractivity contribution in [2.75, 3.05) is 0 Å². The van der Waals surface area contributed by atoms with Gasteiger partial charge in [-0.2, -0.15) is 4.39 Å². The lowest BCUT2D eigenvalue weighted by Crippen LogP contribution is -1.99. The number of aliphatic hydroxyl groups is 1. The molecule has 1 aromatic heterocycles. The second-order valence-electron chi connectivity index (χ2n) is 4.34. The Bertz CT molecular complexity index is 608. The maximum Gasteiger partial charge on any atom is 0.304 e. The van der Waals surface area contributed by atoms with Crippen molar-refractivity contribution in [3.63, 3.8) is 0 Å². The molecule has 0 saturated carbocycles. The van der Waals surface area contributed by atoms with Crippen molar-refractivity contribution in [1.29, 1.82) is 0 Å². The highest BCUT2D eigenvalue weighted by Crippen LogP contribution is 2.19. The van der Waals surface area contributed by atoms with Crippen LogP contribution in [0.3, 0.4) is 0 Å². The zero-order valence-corrected chi connectivity index (χ0v) is 10.3. The summed E-state index contributed by atoms with van der Waals surface area (Å²) < 4.78 is 15.2. The number of nitro benzene ring substituents is 1. The average molecular weight is 264 g/mol. The van der Waals surface area contributed by atoms with Gasteiger partial charge >= 0.3 is 5.69 Å². The SMILES string of the molecule is CC(O)c1ccn(Cc2ccc([N+](=O)[O-])c(F)c2)c1. The molecule has 0 bridgehead atoms. The van der Waals surface area contributed by atoms with Gasteiger partial charge in [-0.15, -0.1) is 0 Å². The van der Waals surface area contributed by atoms with Gasteiger partial charge in [0.15, 0.2) is 0 Å². The van der Waals surface area contributed by atoms with E-state index in [9.17, 15) is 19.6 Å². The van der Waals surface area contributed by atoms with Crippen molar-refractivity contribution in [3.8, 4) is 0 Å². The van der Waals surface area contributed by atoms with Crippen LogP contribution in [-0.2, 0) is 6.54 Å². The van der Waals surface area contributed by atoms with Crippen LogP contribution in [0.5, 0.6) is 0 Å². The molecule has 2 aromatic rings. The minimum Gasteiger partial charge on any atom is -0.389 e. The molecule has 0 aliphatic rings. The quantitative estimate of drug-likeness (QED) is 0.681. The van der Waals surface area contributed by atoms with E-state index in [0.717, 1.165) is 17.7 Å². The molecule has 1 N–H and O–H groups in total. The number of halogens is 1. The number of nitro groups is 1. The van der Waals surface area contributed by atoms with Gasteiger partial charge in [0.25, 0.3) is 0 Å². The maximum absolute atomic E-state index is 13.4. The standard InChI is InChI=1S/C13H13FN2O3/c1-9(17)11-4-5-15(8-11)7-10-2-3-13(16(18)19)12(14)6-10/h2-6,8-9,17H,7H2,1H3. The van der Waals surface area contributed by atoms with E-state index in [1.165, 1.54) is 6.07 Å². The molecule has 5 nitrogen and oxygen atoms in total. The summed E-state index contributed by atoms with van der Waals surface area (Å²) in [5.41, 5.74) is 0.860. The summed E-state index contributed by atoms with van der Waals surface area (Å²) in [6, 6.07) is 5.60. The summed E-state index contributed by atoms with van der Waals surface area (Å²) in [6.45, 7) is 2.05. The van der Waals surface area contributed by atoms with Crippen molar-refractivity contribution in [3.05, 3.63) is 63.7 Å². The lowest BCUT2D eigenvalue weighted by molar-refractivity contribution is -0.387. The van der Waals surface area contributed by atoms with E-state index in [1.54, 1.807) is 30.0 Å². The van der Waals surface area contributed by atoms with Crippen LogP contribution in [0.4, 0.5) is 10.1 Å². The molecule has 0 radical (unpaired) electrons. The van der Waals surface area contributed by atoms with E-state index in [-0.39, 0.29) is 0 Å². The number of aliphatic hydroxyl groups excluding tert-OH is 1. The number of aromatic nitrogens is 1. The third kappa shape index (κ3) is 2.97. The van der Waals surface area contributed by atoms with Crippen LogP contribution in [0.2, 0.25) is 0 Å². The molecule has 1 aromatic carbocycles. The van der Waals surface area contributed by atoms with E-state index in [0.29, 0.717) is 12.1 Å². The van der Waals surface area contributed by atoms with Gasteiger partial charge < -0.3 is 9.67 Å². The largest absolute Gasteiger partial charge is 0.389 e. The Morgan fingerprint density at radius 1 is 1.47 bits per heavy atom. The molecule has 1 heterocycles. The van der Waals surface area contributed by atoms with Crippen LogP contribution in [0.1, 0.15) is 24.2 Å². The Hall–Kier alpha value is -2.21. The highest BCUT2D eigenvalue weighted by Gasteiger charge is 2.13. The Morgan fingerprint density at radius 3 is 2.74 bits per heavy atom. The highest BCUT2D eigenvalue weighted by atomic mass is 19.1. The molecule has 1 unspecified atom stereocenters. The van der Waals surface area contributed by atoms with Gasteiger partial charge in [0.2, 0.25) is 5.82 Å². The van der Waals surface area contributed by atoms with Crippen molar-refractivity contribution < 1.29 is 14.4 Å². The first-order chi connectivity index (χ1) is 8.97. The minimum atomic E-state index is -0.842. The minimum absolute atomic E-state index is 0.391. The first-order valence-corrected chi connectivity index (χ1v) is 5.74. The fourth-order valence-electron chi connectivity index (χ4n) is 1.81. The van der Waals surface area contributed by atoms with E-state index in [1.807, 2.05) is 0 Å². The second kappa shape index (κ2) is 5.19. The van der Waals surface area contributed by atoms with Gasteiger partial charge in [0.05, 0.1) is 11.0 Å². The fraction of sp³-hybridized carbons (Fsp3) is 0.231. The smallest absolute Gasteiger partial charge is 0.304 e. The van der Waals surface area contributed by atoms with Crippen molar-refractivity contribution in [2.24, 2.45) is 0 Å². The molecule has 0 spiro atoms. The third-order valence-electron chi connectivity index (χ3n) is 2.83. The fourth-order valence-corrected chi connectivity index (χ4v) is 1.81. The van der Waals surface area contributed by atoms with Gasteiger partial charge in [-0.05, 0) is 30.2 Å². The van der Waals surface area contributed by atoms with Gasteiger partial charge in [-0.25, -0.2) is 0 Å². The Morgan fingerprint density at radius 2 is 2.21 bits per heavy atom. The molecular formula is C13H13FN2O3. The number of benzene rings is 1. The number of rotatable bonds is 4. The molecule has 19 heavy (non-hydrogen) atoms. The number of nitrogens with zero attached hydrogens (tertiary/aromatic N) is 2. The van der Waals surface area contributed by atoms with Gasteiger partial charge in [0, 0.05) is 25.0 Å². The van der Waals surface area contributed by atoms with Crippen LogP contribution < -0.4 is 0 Å². The first kappa shape index (κ1) is 13.2. The van der Waals surface area contributed by atoms with Gasteiger partial charge in [0.1, 0.15) is 0 Å². The molecule has 0 amide bonds. The Kier molecular flexibility index (Phi) is 3.62. The van der Waals surface area contributed by atoms with E-state index in [2.05, 4.69) is 0 Å². The van der Waals surface area contributed by atoms with E-state index in [4.69, 9.17) is 0 Å². The molecule has 100 valence electrons. The third-order valence-corrected chi connectivity index (χ3v) is 2.83. The monoisotopic (exact) mass is 264 g/mol. The van der Waals surface area contributed by atoms with Crippen molar-refractivity contribution in [1.82, 2.24) is 4.57 Å². The zero-order chi connectivity index (χ0) is 14.0. The van der Waals surface area contributed by atoms with Crippen LogP contribution in [-0.4, -0.2) is 14.6 Å². The molecule has 2 rings (SSSR count). The molecular weight excluding hydrogens is 251 g/mol. The summed E-state index contributed by atoms with van der Waals surface area (Å²) >= 11 is 0. The molecule has 0 aliphatic carbocycles. The first-order valence-electron chi connectivity index (χ1n) is 5.74. The van der Waals surface area contributed by atoms with Crippen LogP contribution in [0.25, 0.3) is 0 Å². The number of hydrogen-bond acceptors (Lipinski definition) is 3. The number of hydrogen-bond donors (Lipinski definition) is 1. The lowest BCUT2D eigenvalue weighted by Gasteiger charge is -2.04. The van der Waals surface area contributed by atoms with Crippen LogP contribution >= 0.6 is 0 Å². The summed E-state index contributed by atoms with van der Waals surface area (Å²) in [7, 11) is 0. The zero-order valence-electron chi connectivity index (χ0n) is 10.3. The van der Waals surface area contributed by atoms with E-state index < -0.39 is 22.5 Å². The summed E-state index contributed by atoms with van der Waals surface area (Å²) in [5.74, 6) is -0.842. The van der Waals surface area contributed by atoms with Crippen LogP contribution in [0.15, 0.2) is 36.7 Å². The summed E-state index contributed by atoms with van der Waals surface area (Å²) in [4.78, 5) is 9.75. The van der Waals surface area contributed by atoms with Gasteiger partial charge in [-0.3, -0.25) is 10.1 Å². The average Bonchev–Trinajstić information content (AvgIpc) is 2.77. The molecule has 0 aliphatic heterocycles. The molecule has 0 saturated heterocycles. The molecule has 0 fully saturated rings. The van der Waals surface area contributed by atoms with E-state index >= 15 is 0 Å². The van der Waals surface area contributed by atoms with Gasteiger partial charge in [-0.1, -0.05) is 6.07 Å². The van der Waals surface area contributed by atoms with Crippen LogP contribution in [0, 0.1) is 15.9 Å². The normalized spacial score (nSPS) is 12.4.